The maximum atomic E-state index is 12.3. The standard InChI is InChI=1S/C15H12BrNO4S/c1-2-20-14-9-11(10-17)8-13(16)15(14)21-22(18,19)12-6-4-3-5-7-12/h3-9H,2H2,1H3. The van der Waals surface area contributed by atoms with Crippen molar-refractivity contribution in [2.45, 2.75) is 11.8 Å². The van der Waals surface area contributed by atoms with E-state index in [4.69, 9.17) is 14.2 Å². The fourth-order valence-electron chi connectivity index (χ4n) is 1.72. The SMILES string of the molecule is CCOc1cc(C#N)cc(Br)c1OS(=O)(=O)c1ccccc1. The molecule has 2 aromatic rings. The molecular formula is C15H12BrNO4S. The highest BCUT2D eigenvalue weighted by molar-refractivity contribution is 9.10. The summed E-state index contributed by atoms with van der Waals surface area (Å²) in [6.45, 7) is 2.06. The first-order valence-corrected chi connectivity index (χ1v) is 8.54. The van der Waals surface area contributed by atoms with Gasteiger partial charge in [0.1, 0.15) is 4.90 Å². The van der Waals surface area contributed by atoms with Gasteiger partial charge in [-0.05, 0) is 41.1 Å². The van der Waals surface area contributed by atoms with Gasteiger partial charge < -0.3 is 8.92 Å². The molecule has 114 valence electrons. The van der Waals surface area contributed by atoms with Crippen molar-refractivity contribution < 1.29 is 17.3 Å². The first-order valence-electron chi connectivity index (χ1n) is 6.34. The molecule has 0 fully saturated rings. The number of benzene rings is 2. The summed E-state index contributed by atoms with van der Waals surface area (Å²) in [5.41, 5.74) is 0.333. The summed E-state index contributed by atoms with van der Waals surface area (Å²) in [5.74, 6) is 0.206. The van der Waals surface area contributed by atoms with Crippen LogP contribution in [0.1, 0.15) is 12.5 Å². The van der Waals surface area contributed by atoms with Crippen LogP contribution in [0.25, 0.3) is 0 Å². The van der Waals surface area contributed by atoms with E-state index < -0.39 is 10.1 Å². The summed E-state index contributed by atoms with van der Waals surface area (Å²) in [6.07, 6.45) is 0. The lowest BCUT2D eigenvalue weighted by Gasteiger charge is -2.13. The molecule has 0 spiro atoms. The van der Waals surface area contributed by atoms with Crippen LogP contribution in [0.4, 0.5) is 0 Å². The van der Waals surface area contributed by atoms with Crippen molar-refractivity contribution in [1.29, 1.82) is 5.26 Å². The Kier molecular flexibility index (Phi) is 5.06. The van der Waals surface area contributed by atoms with Gasteiger partial charge in [0.25, 0.3) is 0 Å². The van der Waals surface area contributed by atoms with Gasteiger partial charge in [-0.25, -0.2) is 0 Å². The van der Waals surface area contributed by atoms with Crippen LogP contribution in [-0.2, 0) is 10.1 Å². The molecule has 0 unspecified atom stereocenters. The molecule has 5 nitrogen and oxygen atoms in total. The summed E-state index contributed by atoms with van der Waals surface area (Å²) in [5, 5.41) is 8.97. The zero-order chi connectivity index (χ0) is 16.2. The van der Waals surface area contributed by atoms with Gasteiger partial charge in [-0.15, -0.1) is 0 Å². The van der Waals surface area contributed by atoms with Crippen LogP contribution in [0.2, 0.25) is 0 Å². The Balaban J connectivity index is 2.47. The van der Waals surface area contributed by atoms with Crippen LogP contribution in [0, 0.1) is 11.3 Å². The third-order valence-electron chi connectivity index (χ3n) is 2.66. The van der Waals surface area contributed by atoms with Gasteiger partial charge >= 0.3 is 10.1 Å². The second-order valence-corrected chi connectivity index (χ2v) is 6.58. The normalized spacial score (nSPS) is 10.8. The molecule has 0 N–H and O–H groups in total. The third kappa shape index (κ3) is 3.59. The van der Waals surface area contributed by atoms with Crippen molar-refractivity contribution in [2.24, 2.45) is 0 Å². The highest BCUT2D eigenvalue weighted by Gasteiger charge is 2.22. The van der Waals surface area contributed by atoms with E-state index in [1.54, 1.807) is 25.1 Å². The number of halogens is 1. The van der Waals surface area contributed by atoms with E-state index in [-0.39, 0.29) is 16.4 Å². The van der Waals surface area contributed by atoms with E-state index in [1.165, 1.54) is 24.3 Å². The summed E-state index contributed by atoms with van der Waals surface area (Å²) in [6, 6.07) is 12.7. The lowest BCUT2D eigenvalue weighted by molar-refractivity contribution is 0.327. The number of rotatable bonds is 5. The quantitative estimate of drug-likeness (QED) is 0.740. The minimum atomic E-state index is -3.99. The summed E-state index contributed by atoms with van der Waals surface area (Å²) >= 11 is 3.21. The van der Waals surface area contributed by atoms with Gasteiger partial charge in [0.05, 0.1) is 22.7 Å². The van der Waals surface area contributed by atoms with Crippen LogP contribution < -0.4 is 8.92 Å². The van der Waals surface area contributed by atoms with E-state index in [1.807, 2.05) is 6.07 Å². The van der Waals surface area contributed by atoms with Gasteiger partial charge in [0.15, 0.2) is 11.5 Å². The predicted octanol–water partition coefficient (Wildman–Crippen LogP) is 3.49. The topological polar surface area (TPSA) is 76.4 Å². The van der Waals surface area contributed by atoms with Crippen molar-refractivity contribution >= 4 is 26.0 Å². The van der Waals surface area contributed by atoms with E-state index in [0.717, 1.165) is 0 Å². The van der Waals surface area contributed by atoms with Crippen LogP contribution in [0.15, 0.2) is 51.8 Å². The smallest absolute Gasteiger partial charge is 0.339 e. The molecule has 0 aromatic heterocycles. The number of hydrogen-bond acceptors (Lipinski definition) is 5. The molecule has 0 aliphatic carbocycles. The molecule has 0 saturated carbocycles. The Bertz CT molecular complexity index is 813. The monoisotopic (exact) mass is 381 g/mol. The van der Waals surface area contributed by atoms with E-state index >= 15 is 0 Å². The first-order chi connectivity index (χ1) is 10.5. The minimum Gasteiger partial charge on any atom is -0.490 e. The number of ether oxygens (including phenoxy) is 1. The highest BCUT2D eigenvalue weighted by Crippen LogP contribution is 2.38. The van der Waals surface area contributed by atoms with Crippen LogP contribution >= 0.6 is 15.9 Å². The van der Waals surface area contributed by atoms with Crippen molar-refractivity contribution in [3.8, 4) is 17.6 Å². The Labute approximate surface area is 137 Å². The highest BCUT2D eigenvalue weighted by atomic mass is 79.9. The fourth-order valence-corrected chi connectivity index (χ4v) is 3.33. The molecule has 2 rings (SSSR count). The predicted molar refractivity (Wildman–Crippen MR) is 84.3 cm³/mol. The number of nitrogens with zero attached hydrogens (tertiary/aromatic N) is 1. The van der Waals surface area contributed by atoms with Gasteiger partial charge in [0, 0.05) is 6.07 Å². The number of hydrogen-bond donors (Lipinski definition) is 0. The summed E-state index contributed by atoms with van der Waals surface area (Å²) in [7, 11) is -3.99. The first kappa shape index (κ1) is 16.3. The Hall–Kier alpha value is -2.04. The van der Waals surface area contributed by atoms with Crippen LogP contribution in [0.5, 0.6) is 11.5 Å². The lowest BCUT2D eigenvalue weighted by Crippen LogP contribution is -2.11. The molecule has 0 radical (unpaired) electrons. The fraction of sp³-hybridized carbons (Fsp3) is 0.133. The van der Waals surface area contributed by atoms with Crippen molar-refractivity contribution in [1.82, 2.24) is 0 Å². The van der Waals surface area contributed by atoms with Gasteiger partial charge in [0.2, 0.25) is 0 Å². The minimum absolute atomic E-state index is 0.0182. The Morgan fingerprint density at radius 2 is 1.91 bits per heavy atom. The van der Waals surface area contributed by atoms with Crippen molar-refractivity contribution in [3.05, 3.63) is 52.5 Å². The second kappa shape index (κ2) is 6.81. The van der Waals surface area contributed by atoms with Gasteiger partial charge in [-0.1, -0.05) is 18.2 Å². The maximum Gasteiger partial charge on any atom is 0.339 e. The van der Waals surface area contributed by atoms with Crippen molar-refractivity contribution in [2.75, 3.05) is 6.61 Å². The average Bonchev–Trinajstić information content (AvgIpc) is 2.51. The Morgan fingerprint density at radius 1 is 1.23 bits per heavy atom. The number of nitriles is 1. The zero-order valence-electron chi connectivity index (χ0n) is 11.6. The summed E-state index contributed by atoms with van der Waals surface area (Å²) < 4.78 is 35.5. The zero-order valence-corrected chi connectivity index (χ0v) is 14.0. The van der Waals surface area contributed by atoms with E-state index in [2.05, 4.69) is 15.9 Å². The van der Waals surface area contributed by atoms with Crippen LogP contribution in [0.3, 0.4) is 0 Å². The largest absolute Gasteiger partial charge is 0.490 e. The Morgan fingerprint density at radius 3 is 2.50 bits per heavy atom. The van der Waals surface area contributed by atoms with E-state index in [0.29, 0.717) is 16.6 Å². The molecule has 0 heterocycles. The van der Waals surface area contributed by atoms with Gasteiger partial charge in [-0.3, -0.25) is 0 Å². The summed E-state index contributed by atoms with van der Waals surface area (Å²) in [4.78, 5) is 0.0358. The van der Waals surface area contributed by atoms with Gasteiger partial charge in [-0.2, -0.15) is 13.7 Å². The molecule has 22 heavy (non-hydrogen) atoms. The molecule has 7 heteroatoms. The third-order valence-corrected chi connectivity index (χ3v) is 4.49. The molecule has 0 amide bonds. The molecular weight excluding hydrogens is 370 g/mol. The second-order valence-electron chi connectivity index (χ2n) is 4.18. The van der Waals surface area contributed by atoms with Crippen LogP contribution in [-0.4, -0.2) is 15.0 Å². The van der Waals surface area contributed by atoms with Crippen molar-refractivity contribution in [3.63, 3.8) is 0 Å². The molecule has 0 atom stereocenters. The average molecular weight is 382 g/mol. The van der Waals surface area contributed by atoms with E-state index in [9.17, 15) is 8.42 Å². The molecule has 0 aliphatic heterocycles. The molecule has 0 saturated heterocycles. The molecule has 0 bridgehead atoms. The lowest BCUT2D eigenvalue weighted by atomic mass is 10.2. The molecule has 0 aliphatic rings. The maximum absolute atomic E-state index is 12.3. The molecule has 2 aromatic carbocycles.